The van der Waals surface area contributed by atoms with Gasteiger partial charge in [0.2, 0.25) is 0 Å². The Labute approximate surface area is 78.6 Å². The van der Waals surface area contributed by atoms with Crippen LogP contribution in [0, 0.1) is 0 Å². The van der Waals surface area contributed by atoms with Gasteiger partial charge in [-0.3, -0.25) is 0 Å². The molecule has 0 bridgehead atoms. The van der Waals surface area contributed by atoms with Gasteiger partial charge in [-0.1, -0.05) is 6.07 Å². The van der Waals surface area contributed by atoms with Crippen LogP contribution in [0.15, 0.2) is 18.2 Å². The van der Waals surface area contributed by atoms with Crippen LogP contribution in [0.1, 0.15) is 19.8 Å². The first kappa shape index (κ1) is 8.35. The molecule has 2 rings (SSSR count). The number of aromatic nitrogens is 1. The molecule has 3 heteroatoms. The Morgan fingerprint density at radius 3 is 2.62 bits per heavy atom. The Morgan fingerprint density at radius 1 is 1.31 bits per heavy atom. The molecule has 1 heterocycles. The summed E-state index contributed by atoms with van der Waals surface area (Å²) < 4.78 is 0. The van der Waals surface area contributed by atoms with Crippen LogP contribution in [0.2, 0.25) is 0 Å². The largest absolute Gasteiger partial charge is 0.373 e. The average Bonchev–Trinajstić information content (AvgIpc) is 2.84. The molecule has 0 radical (unpaired) electrons. The zero-order valence-electron chi connectivity index (χ0n) is 8.09. The number of nitrogens with zero attached hydrogens (tertiary/aromatic N) is 1. The standard InChI is InChI=1S/C10H15N3/c1-10(6-7-10)13-9-5-3-4-8(11-2)12-9/h3-5H,6-7H2,1-2H3,(H2,11,12,13). The van der Waals surface area contributed by atoms with Crippen molar-refractivity contribution in [2.75, 3.05) is 17.7 Å². The van der Waals surface area contributed by atoms with Gasteiger partial charge in [-0.2, -0.15) is 0 Å². The Balaban J connectivity index is 2.11. The predicted molar refractivity (Wildman–Crippen MR) is 55.0 cm³/mol. The summed E-state index contributed by atoms with van der Waals surface area (Å²) in [5, 5.41) is 6.44. The average molecular weight is 177 g/mol. The van der Waals surface area contributed by atoms with Crippen molar-refractivity contribution < 1.29 is 0 Å². The number of nitrogens with one attached hydrogen (secondary N) is 2. The maximum Gasteiger partial charge on any atom is 0.128 e. The molecule has 2 N–H and O–H groups in total. The maximum atomic E-state index is 4.39. The SMILES string of the molecule is CNc1cccc(NC2(C)CC2)n1. The Morgan fingerprint density at radius 2 is 2.00 bits per heavy atom. The van der Waals surface area contributed by atoms with Crippen molar-refractivity contribution in [2.45, 2.75) is 25.3 Å². The smallest absolute Gasteiger partial charge is 0.128 e. The van der Waals surface area contributed by atoms with Crippen LogP contribution in [0.3, 0.4) is 0 Å². The zero-order chi connectivity index (χ0) is 9.31. The van der Waals surface area contributed by atoms with Gasteiger partial charge in [-0.25, -0.2) is 4.98 Å². The van der Waals surface area contributed by atoms with Gasteiger partial charge >= 0.3 is 0 Å². The van der Waals surface area contributed by atoms with Crippen molar-refractivity contribution in [3.05, 3.63) is 18.2 Å². The minimum Gasteiger partial charge on any atom is -0.373 e. The van der Waals surface area contributed by atoms with Crippen LogP contribution in [0.4, 0.5) is 11.6 Å². The monoisotopic (exact) mass is 177 g/mol. The maximum absolute atomic E-state index is 4.39. The van der Waals surface area contributed by atoms with Crippen molar-refractivity contribution >= 4 is 11.6 Å². The molecule has 0 aromatic carbocycles. The third kappa shape index (κ3) is 1.91. The van der Waals surface area contributed by atoms with E-state index in [1.165, 1.54) is 12.8 Å². The fourth-order valence-electron chi connectivity index (χ4n) is 1.27. The van der Waals surface area contributed by atoms with Crippen LogP contribution >= 0.6 is 0 Å². The van der Waals surface area contributed by atoms with E-state index in [2.05, 4.69) is 22.5 Å². The Bertz CT molecular complexity index is 305. The summed E-state index contributed by atoms with van der Waals surface area (Å²) in [7, 11) is 1.88. The number of rotatable bonds is 3. The predicted octanol–water partition coefficient (Wildman–Crippen LogP) is 2.09. The van der Waals surface area contributed by atoms with Crippen LogP contribution in [-0.4, -0.2) is 17.6 Å². The van der Waals surface area contributed by atoms with E-state index in [0.29, 0.717) is 5.54 Å². The highest BCUT2D eigenvalue weighted by atomic mass is 15.1. The summed E-state index contributed by atoms with van der Waals surface area (Å²) in [6, 6.07) is 5.97. The Kier molecular flexibility index (Phi) is 1.87. The minimum atomic E-state index is 0.305. The van der Waals surface area contributed by atoms with Crippen molar-refractivity contribution in [1.29, 1.82) is 0 Å². The highest BCUT2D eigenvalue weighted by Crippen LogP contribution is 2.37. The zero-order valence-corrected chi connectivity index (χ0v) is 8.09. The molecular formula is C10H15N3. The van der Waals surface area contributed by atoms with Crippen molar-refractivity contribution in [1.82, 2.24) is 4.98 Å². The number of hydrogen-bond acceptors (Lipinski definition) is 3. The van der Waals surface area contributed by atoms with E-state index in [1.807, 2.05) is 25.2 Å². The van der Waals surface area contributed by atoms with Gasteiger partial charge in [0.05, 0.1) is 0 Å². The fraction of sp³-hybridized carbons (Fsp3) is 0.500. The first-order valence-electron chi connectivity index (χ1n) is 4.65. The molecule has 13 heavy (non-hydrogen) atoms. The second-order valence-corrected chi connectivity index (χ2v) is 3.84. The molecule has 0 amide bonds. The quantitative estimate of drug-likeness (QED) is 0.742. The van der Waals surface area contributed by atoms with Gasteiger partial charge in [0, 0.05) is 12.6 Å². The van der Waals surface area contributed by atoms with E-state index >= 15 is 0 Å². The third-order valence-electron chi connectivity index (χ3n) is 2.44. The third-order valence-corrected chi connectivity index (χ3v) is 2.44. The summed E-state index contributed by atoms with van der Waals surface area (Å²) in [5.74, 6) is 1.88. The first-order chi connectivity index (χ1) is 6.22. The molecule has 1 aromatic heterocycles. The fourth-order valence-corrected chi connectivity index (χ4v) is 1.27. The Hall–Kier alpha value is -1.25. The molecular weight excluding hydrogens is 162 g/mol. The first-order valence-corrected chi connectivity index (χ1v) is 4.65. The number of anilines is 2. The van der Waals surface area contributed by atoms with Gasteiger partial charge in [-0.05, 0) is 31.9 Å². The lowest BCUT2D eigenvalue weighted by molar-refractivity contribution is 0.821. The second-order valence-electron chi connectivity index (χ2n) is 3.84. The molecule has 1 aliphatic rings. The molecule has 0 atom stereocenters. The van der Waals surface area contributed by atoms with Crippen molar-refractivity contribution in [2.24, 2.45) is 0 Å². The molecule has 70 valence electrons. The van der Waals surface area contributed by atoms with E-state index in [-0.39, 0.29) is 0 Å². The molecule has 1 aromatic rings. The van der Waals surface area contributed by atoms with Crippen LogP contribution in [0.5, 0.6) is 0 Å². The molecule has 1 aliphatic carbocycles. The van der Waals surface area contributed by atoms with Gasteiger partial charge in [-0.15, -0.1) is 0 Å². The van der Waals surface area contributed by atoms with E-state index < -0.39 is 0 Å². The highest BCUT2D eigenvalue weighted by Gasteiger charge is 2.37. The minimum absolute atomic E-state index is 0.305. The van der Waals surface area contributed by atoms with E-state index in [1.54, 1.807) is 0 Å². The van der Waals surface area contributed by atoms with Gasteiger partial charge in [0.15, 0.2) is 0 Å². The van der Waals surface area contributed by atoms with E-state index in [9.17, 15) is 0 Å². The topological polar surface area (TPSA) is 37.0 Å². The molecule has 1 saturated carbocycles. The summed E-state index contributed by atoms with van der Waals surface area (Å²) in [6.45, 7) is 2.22. The molecule has 0 spiro atoms. The summed E-state index contributed by atoms with van der Waals surface area (Å²) in [4.78, 5) is 4.39. The molecule has 0 saturated heterocycles. The lowest BCUT2D eigenvalue weighted by Crippen LogP contribution is -2.16. The lowest BCUT2D eigenvalue weighted by Gasteiger charge is -2.12. The number of pyridine rings is 1. The van der Waals surface area contributed by atoms with Gasteiger partial charge in [0.25, 0.3) is 0 Å². The molecule has 0 unspecified atom stereocenters. The van der Waals surface area contributed by atoms with Crippen molar-refractivity contribution in [3.8, 4) is 0 Å². The van der Waals surface area contributed by atoms with Crippen molar-refractivity contribution in [3.63, 3.8) is 0 Å². The summed E-state index contributed by atoms with van der Waals surface area (Å²) in [5.41, 5.74) is 0.305. The molecule has 0 aliphatic heterocycles. The lowest BCUT2D eigenvalue weighted by atomic mass is 10.3. The van der Waals surface area contributed by atoms with Gasteiger partial charge < -0.3 is 10.6 Å². The van der Waals surface area contributed by atoms with Crippen LogP contribution in [-0.2, 0) is 0 Å². The number of hydrogen-bond donors (Lipinski definition) is 2. The van der Waals surface area contributed by atoms with E-state index in [4.69, 9.17) is 0 Å². The van der Waals surface area contributed by atoms with Crippen LogP contribution in [0.25, 0.3) is 0 Å². The molecule has 3 nitrogen and oxygen atoms in total. The van der Waals surface area contributed by atoms with Gasteiger partial charge in [0.1, 0.15) is 11.6 Å². The second kappa shape index (κ2) is 2.91. The van der Waals surface area contributed by atoms with Crippen LogP contribution < -0.4 is 10.6 Å². The van der Waals surface area contributed by atoms with E-state index in [0.717, 1.165) is 11.6 Å². The highest BCUT2D eigenvalue weighted by molar-refractivity contribution is 5.47. The molecule has 1 fully saturated rings. The normalized spacial score (nSPS) is 18.0. The summed E-state index contributed by atoms with van der Waals surface area (Å²) >= 11 is 0. The summed E-state index contributed by atoms with van der Waals surface area (Å²) in [6.07, 6.45) is 2.50.